The average molecular weight is 905 g/mol. The van der Waals surface area contributed by atoms with Crippen molar-refractivity contribution in [2.75, 3.05) is 4.90 Å². The number of anilines is 3. The topological polar surface area (TPSA) is 34.5 Å². The molecular weight excluding hydrogens is 865 g/mol. The quantitative estimate of drug-likeness (QED) is 0.173. The van der Waals surface area contributed by atoms with Gasteiger partial charge in [-0.3, -0.25) is 0 Å². The fourth-order valence-electron chi connectivity index (χ4n) is 12.8. The highest BCUT2D eigenvalue weighted by Gasteiger charge is 2.52. The molecule has 16 rings (SSSR count). The van der Waals surface area contributed by atoms with Crippen molar-refractivity contribution in [1.29, 1.82) is 0 Å². The Morgan fingerprint density at radius 2 is 0.915 bits per heavy atom. The van der Waals surface area contributed by atoms with Crippen molar-refractivity contribution in [2.24, 2.45) is 0 Å². The van der Waals surface area contributed by atoms with Crippen molar-refractivity contribution < 1.29 is 8.83 Å². The van der Waals surface area contributed by atoms with Gasteiger partial charge in [-0.2, -0.15) is 0 Å². The van der Waals surface area contributed by atoms with Crippen LogP contribution in [0.25, 0.3) is 105 Å². The lowest BCUT2D eigenvalue weighted by atomic mass is 9.70. The first-order valence-corrected chi connectivity index (χ1v) is 24.4. The van der Waals surface area contributed by atoms with Gasteiger partial charge in [0.25, 0.3) is 0 Å². The van der Waals surface area contributed by atoms with Crippen LogP contribution < -0.4 is 4.90 Å². The summed E-state index contributed by atoms with van der Waals surface area (Å²) in [6.07, 6.45) is 0. The van der Waals surface area contributed by atoms with Crippen LogP contribution in [0.2, 0.25) is 0 Å². The number of aromatic nitrogens is 1. The van der Waals surface area contributed by atoms with Crippen LogP contribution in [-0.2, 0) is 5.41 Å². The van der Waals surface area contributed by atoms with Crippen LogP contribution in [0.3, 0.4) is 0 Å². The monoisotopic (exact) mass is 904 g/mol. The molecule has 4 heteroatoms. The number of hydrogen-bond acceptors (Lipinski definition) is 3. The summed E-state index contributed by atoms with van der Waals surface area (Å²) in [7, 11) is 0. The summed E-state index contributed by atoms with van der Waals surface area (Å²) in [6.45, 7) is 0. The molecule has 330 valence electrons. The van der Waals surface area contributed by atoms with Crippen LogP contribution in [0.1, 0.15) is 22.3 Å². The molecule has 2 aliphatic carbocycles. The summed E-state index contributed by atoms with van der Waals surface area (Å²) in [5.74, 6) is 0. The second kappa shape index (κ2) is 14.3. The van der Waals surface area contributed by atoms with E-state index in [1.54, 1.807) is 0 Å². The second-order valence-corrected chi connectivity index (χ2v) is 19.1. The molecule has 3 aromatic heterocycles. The lowest BCUT2D eigenvalue weighted by molar-refractivity contribution is 0.666. The molecule has 4 nitrogen and oxygen atoms in total. The number of furan rings is 2. The molecule has 0 bridgehead atoms. The van der Waals surface area contributed by atoms with Gasteiger partial charge in [-0.25, -0.2) is 0 Å². The SMILES string of the molecule is c1ccc(-n2c3ccccc3c3cc(-c4ccc(N(c5cccc6c5oc5ccccc56)c5cccc6c5oc5ccc7c(c56)-c5ccccc5C75c6ccccc6-c6ccccc65)cc4)ccc32)cc1. The van der Waals surface area contributed by atoms with Crippen LogP contribution in [-0.4, -0.2) is 4.57 Å². The van der Waals surface area contributed by atoms with Crippen LogP contribution in [0, 0.1) is 0 Å². The van der Waals surface area contributed by atoms with Gasteiger partial charge in [0.15, 0.2) is 11.2 Å². The van der Waals surface area contributed by atoms with Crippen LogP contribution in [0.5, 0.6) is 0 Å². The van der Waals surface area contributed by atoms with Gasteiger partial charge in [-0.1, -0.05) is 176 Å². The highest BCUT2D eigenvalue weighted by atomic mass is 16.3. The Balaban J connectivity index is 0.906. The van der Waals surface area contributed by atoms with E-state index in [-0.39, 0.29) is 0 Å². The predicted octanol–water partition coefficient (Wildman–Crippen LogP) is 18.1. The number of rotatable bonds is 5. The number of fused-ring (bicyclic) bond motifs is 20. The summed E-state index contributed by atoms with van der Waals surface area (Å²) in [4.78, 5) is 2.33. The van der Waals surface area contributed by atoms with Crippen molar-refractivity contribution in [2.45, 2.75) is 5.41 Å². The smallest absolute Gasteiger partial charge is 0.159 e. The van der Waals surface area contributed by atoms with E-state index in [4.69, 9.17) is 8.83 Å². The Bertz CT molecular complexity index is 4490. The molecule has 0 radical (unpaired) electrons. The fraction of sp³-hybridized carbons (Fsp3) is 0.0149. The first kappa shape index (κ1) is 38.6. The highest BCUT2D eigenvalue weighted by molar-refractivity contribution is 6.20. The number of benzene rings is 11. The summed E-state index contributed by atoms with van der Waals surface area (Å²) in [5, 5.41) is 6.81. The van der Waals surface area contributed by atoms with E-state index in [0.717, 1.165) is 77.8 Å². The fourth-order valence-corrected chi connectivity index (χ4v) is 12.8. The zero-order valence-electron chi connectivity index (χ0n) is 38.3. The minimum Gasteiger partial charge on any atom is -0.454 e. The summed E-state index contributed by atoms with van der Waals surface area (Å²) >= 11 is 0. The third-order valence-corrected chi connectivity index (χ3v) is 15.6. The molecule has 0 saturated carbocycles. The van der Waals surface area contributed by atoms with E-state index in [1.807, 2.05) is 6.07 Å². The molecule has 3 heterocycles. The Hall–Kier alpha value is -9.38. The van der Waals surface area contributed by atoms with E-state index in [2.05, 4.69) is 246 Å². The van der Waals surface area contributed by atoms with Gasteiger partial charge >= 0.3 is 0 Å². The summed E-state index contributed by atoms with van der Waals surface area (Å²) in [6, 6.07) is 88.1. The number of para-hydroxylation sites is 5. The average Bonchev–Trinajstić information content (AvgIpc) is 4.24. The van der Waals surface area contributed by atoms with E-state index in [1.165, 1.54) is 66.3 Å². The third-order valence-electron chi connectivity index (χ3n) is 15.6. The first-order chi connectivity index (χ1) is 35.2. The maximum absolute atomic E-state index is 7.24. The van der Waals surface area contributed by atoms with Crippen LogP contribution >= 0.6 is 0 Å². The van der Waals surface area contributed by atoms with E-state index < -0.39 is 5.41 Å². The van der Waals surface area contributed by atoms with Crippen LogP contribution in [0.4, 0.5) is 17.1 Å². The Labute approximate surface area is 408 Å². The van der Waals surface area contributed by atoms with Gasteiger partial charge in [0, 0.05) is 43.7 Å². The van der Waals surface area contributed by atoms with Crippen molar-refractivity contribution >= 4 is 82.7 Å². The second-order valence-electron chi connectivity index (χ2n) is 19.1. The van der Waals surface area contributed by atoms with Gasteiger partial charge in [0.1, 0.15) is 11.2 Å². The predicted molar refractivity (Wildman–Crippen MR) is 292 cm³/mol. The molecule has 0 amide bonds. The largest absolute Gasteiger partial charge is 0.454 e. The van der Waals surface area contributed by atoms with Crippen molar-refractivity contribution in [3.63, 3.8) is 0 Å². The molecule has 14 aromatic rings. The van der Waals surface area contributed by atoms with Gasteiger partial charge in [0.2, 0.25) is 0 Å². The van der Waals surface area contributed by atoms with E-state index >= 15 is 0 Å². The van der Waals surface area contributed by atoms with Gasteiger partial charge < -0.3 is 18.3 Å². The molecule has 11 aromatic carbocycles. The molecular formula is C67H40N2O2. The lowest BCUT2D eigenvalue weighted by Crippen LogP contribution is -2.25. The standard InChI is InChI=1S/C67H40N2O2/c1-2-16-43(17-3-1)68-57-28-12-7-20-47(57)52-40-42(34-38-58(52)68)41-32-35-44(36-33-41)69(59-29-14-23-49-48-21-8-13-31-61(48)70-65(49)59)60-30-15-24-51-64-62(71-66(51)60)39-37-56-63(64)50-22-6-11-27-55(50)67(56)53-25-9-4-18-45(53)46-19-5-10-26-54(46)67/h1-40H. The first-order valence-electron chi connectivity index (χ1n) is 24.4. The Morgan fingerprint density at radius 1 is 0.352 bits per heavy atom. The molecule has 0 saturated heterocycles. The zero-order chi connectivity index (χ0) is 46.4. The molecule has 0 unspecified atom stereocenters. The summed E-state index contributed by atoms with van der Waals surface area (Å²) in [5.41, 5.74) is 21.9. The lowest BCUT2D eigenvalue weighted by Gasteiger charge is -2.30. The highest BCUT2D eigenvalue weighted by Crippen LogP contribution is 2.64. The molecule has 2 aliphatic rings. The minimum atomic E-state index is -0.456. The van der Waals surface area contributed by atoms with E-state index in [0.29, 0.717) is 0 Å². The molecule has 1 spiro atoms. The molecule has 71 heavy (non-hydrogen) atoms. The van der Waals surface area contributed by atoms with Gasteiger partial charge in [-0.05, 0) is 122 Å². The minimum absolute atomic E-state index is 0.456. The Morgan fingerprint density at radius 3 is 1.68 bits per heavy atom. The maximum atomic E-state index is 7.24. The van der Waals surface area contributed by atoms with Crippen molar-refractivity contribution in [3.05, 3.63) is 265 Å². The molecule has 0 fully saturated rings. The van der Waals surface area contributed by atoms with Gasteiger partial charge in [0.05, 0.1) is 27.8 Å². The zero-order valence-corrected chi connectivity index (χ0v) is 38.3. The van der Waals surface area contributed by atoms with E-state index in [9.17, 15) is 0 Å². The maximum Gasteiger partial charge on any atom is 0.159 e. The van der Waals surface area contributed by atoms with Crippen molar-refractivity contribution in [3.8, 4) is 39.1 Å². The third kappa shape index (κ3) is 5.12. The number of hydrogen-bond donors (Lipinski definition) is 0. The summed E-state index contributed by atoms with van der Waals surface area (Å²) < 4.78 is 16.4. The Kier molecular flexibility index (Phi) is 7.79. The molecule has 0 atom stereocenters. The van der Waals surface area contributed by atoms with Crippen molar-refractivity contribution in [1.82, 2.24) is 4.57 Å². The molecule has 0 aliphatic heterocycles. The molecule has 0 N–H and O–H groups in total. The van der Waals surface area contributed by atoms with Gasteiger partial charge in [-0.15, -0.1) is 0 Å². The normalized spacial score (nSPS) is 13.2. The van der Waals surface area contributed by atoms with Crippen LogP contribution in [0.15, 0.2) is 251 Å². The number of nitrogens with zero attached hydrogens (tertiary/aromatic N) is 2.